The summed E-state index contributed by atoms with van der Waals surface area (Å²) in [5, 5.41) is 8.54. The van der Waals surface area contributed by atoms with Crippen LogP contribution in [0.2, 0.25) is 0 Å². The Morgan fingerprint density at radius 1 is 1.03 bits per heavy atom. The summed E-state index contributed by atoms with van der Waals surface area (Å²) in [6.45, 7) is 4.59. The molecule has 1 aliphatic carbocycles. The smallest absolute Gasteiger partial charge is 0.194 e. The summed E-state index contributed by atoms with van der Waals surface area (Å²) >= 11 is 0. The van der Waals surface area contributed by atoms with Crippen molar-refractivity contribution in [1.29, 1.82) is 0 Å². The van der Waals surface area contributed by atoms with Crippen LogP contribution >= 0.6 is 0 Å². The molecular formula is C25H29F3N2. The van der Waals surface area contributed by atoms with Gasteiger partial charge in [0, 0.05) is 11.5 Å². The summed E-state index contributed by atoms with van der Waals surface area (Å²) in [6, 6.07) is 11.7. The molecule has 0 aliphatic heterocycles. The lowest BCUT2D eigenvalue weighted by atomic mass is 9.73. The van der Waals surface area contributed by atoms with Crippen LogP contribution < -0.4 is 0 Å². The van der Waals surface area contributed by atoms with Crippen molar-refractivity contribution in [3.8, 4) is 0 Å². The number of benzene rings is 2. The van der Waals surface area contributed by atoms with Gasteiger partial charge in [0.05, 0.1) is 11.9 Å². The van der Waals surface area contributed by atoms with E-state index in [-0.39, 0.29) is 5.56 Å². The van der Waals surface area contributed by atoms with E-state index in [1.807, 2.05) is 30.3 Å². The Kier molecular flexibility index (Phi) is 7.83. The summed E-state index contributed by atoms with van der Waals surface area (Å²) < 4.78 is 40.0. The van der Waals surface area contributed by atoms with Crippen LogP contribution in [0.4, 0.5) is 13.2 Å². The van der Waals surface area contributed by atoms with Crippen LogP contribution in [-0.2, 0) is 0 Å². The van der Waals surface area contributed by atoms with Crippen LogP contribution in [-0.4, -0.2) is 11.9 Å². The van der Waals surface area contributed by atoms with Crippen molar-refractivity contribution in [1.82, 2.24) is 0 Å². The lowest BCUT2D eigenvalue weighted by Gasteiger charge is -2.32. The Hall–Kier alpha value is -2.43. The predicted molar refractivity (Wildman–Crippen MR) is 116 cm³/mol. The number of hydrogen-bond acceptors (Lipinski definition) is 2. The minimum atomic E-state index is -1.48. The molecule has 30 heavy (non-hydrogen) atoms. The van der Waals surface area contributed by atoms with Crippen LogP contribution in [0.25, 0.3) is 0 Å². The molecule has 1 saturated carbocycles. The second-order valence-corrected chi connectivity index (χ2v) is 8.27. The molecule has 0 saturated heterocycles. The lowest BCUT2D eigenvalue weighted by Crippen LogP contribution is -2.25. The molecule has 0 N–H and O–H groups in total. The van der Waals surface area contributed by atoms with Crippen molar-refractivity contribution < 1.29 is 13.2 Å². The van der Waals surface area contributed by atoms with E-state index < -0.39 is 17.5 Å². The standard InChI is InChI=1S/C25H29F3N2/c1-3-7-17(2)19-10-12-21(13-11-19)25(20-8-5-4-6-9-20)30-29-16-18-14-22(26)24(28)23(27)15-18/h4-6,8-9,14-17,19,21H,3,7,10-13H2,1-2H3/t17?,19-,21-. The average molecular weight is 415 g/mol. The van der Waals surface area contributed by atoms with Crippen molar-refractivity contribution in [2.24, 2.45) is 28.0 Å². The quantitative estimate of drug-likeness (QED) is 0.261. The third-order valence-electron chi connectivity index (χ3n) is 6.16. The van der Waals surface area contributed by atoms with E-state index in [2.05, 4.69) is 24.1 Å². The summed E-state index contributed by atoms with van der Waals surface area (Å²) in [7, 11) is 0. The van der Waals surface area contributed by atoms with E-state index in [1.165, 1.54) is 31.9 Å². The zero-order valence-corrected chi connectivity index (χ0v) is 17.6. The van der Waals surface area contributed by atoms with Crippen molar-refractivity contribution in [3.05, 3.63) is 71.0 Å². The number of halogens is 3. The molecule has 0 amide bonds. The Morgan fingerprint density at radius 3 is 2.27 bits per heavy atom. The van der Waals surface area contributed by atoms with Crippen LogP contribution in [0, 0.1) is 35.2 Å². The van der Waals surface area contributed by atoms with E-state index in [0.29, 0.717) is 5.92 Å². The Labute approximate surface area is 176 Å². The summed E-state index contributed by atoms with van der Waals surface area (Å²) in [4.78, 5) is 0. The number of hydrogen-bond donors (Lipinski definition) is 0. The van der Waals surface area contributed by atoms with Crippen LogP contribution in [0.3, 0.4) is 0 Å². The molecular weight excluding hydrogens is 385 g/mol. The largest absolute Gasteiger partial charge is 0.204 e. The molecule has 1 atom stereocenters. The maximum atomic E-state index is 13.4. The van der Waals surface area contributed by atoms with Gasteiger partial charge in [0.15, 0.2) is 17.5 Å². The SMILES string of the molecule is CCCC(C)[C@H]1CC[C@H](C(=NN=Cc2cc(F)c(F)c(F)c2)c2ccccc2)CC1. The minimum absolute atomic E-state index is 0.139. The van der Waals surface area contributed by atoms with E-state index in [0.717, 1.165) is 48.1 Å². The highest BCUT2D eigenvalue weighted by atomic mass is 19.2. The predicted octanol–water partition coefficient (Wildman–Crippen LogP) is 7.17. The minimum Gasteiger partial charge on any atom is -0.204 e. The van der Waals surface area contributed by atoms with E-state index in [1.54, 1.807) is 0 Å². The summed E-state index contributed by atoms with van der Waals surface area (Å²) in [5.41, 5.74) is 2.05. The zero-order valence-electron chi connectivity index (χ0n) is 17.6. The van der Waals surface area contributed by atoms with E-state index in [9.17, 15) is 13.2 Å². The highest BCUT2D eigenvalue weighted by Crippen LogP contribution is 2.36. The first-order valence-corrected chi connectivity index (χ1v) is 10.8. The zero-order chi connectivity index (χ0) is 21.5. The van der Waals surface area contributed by atoms with Gasteiger partial charge in [0.1, 0.15) is 0 Å². The molecule has 0 aromatic heterocycles. The van der Waals surface area contributed by atoms with Crippen molar-refractivity contribution in [3.63, 3.8) is 0 Å². The van der Waals surface area contributed by atoms with Crippen molar-refractivity contribution in [2.75, 3.05) is 0 Å². The Morgan fingerprint density at radius 2 is 1.67 bits per heavy atom. The first-order chi connectivity index (χ1) is 14.5. The van der Waals surface area contributed by atoms with Gasteiger partial charge in [-0.3, -0.25) is 0 Å². The van der Waals surface area contributed by atoms with Gasteiger partial charge in [-0.2, -0.15) is 10.2 Å². The van der Waals surface area contributed by atoms with Gasteiger partial charge in [-0.1, -0.05) is 57.0 Å². The average Bonchev–Trinajstić information content (AvgIpc) is 2.76. The van der Waals surface area contributed by atoms with Gasteiger partial charge in [0.2, 0.25) is 0 Å². The topological polar surface area (TPSA) is 24.7 Å². The van der Waals surface area contributed by atoms with E-state index in [4.69, 9.17) is 0 Å². The maximum Gasteiger partial charge on any atom is 0.194 e. The molecule has 160 valence electrons. The van der Waals surface area contributed by atoms with Gasteiger partial charge < -0.3 is 0 Å². The molecule has 2 aromatic rings. The highest BCUT2D eigenvalue weighted by molar-refractivity contribution is 6.02. The summed E-state index contributed by atoms with van der Waals surface area (Å²) in [6.07, 6.45) is 8.22. The van der Waals surface area contributed by atoms with Gasteiger partial charge in [-0.05, 0) is 55.2 Å². The molecule has 0 heterocycles. The molecule has 0 spiro atoms. The van der Waals surface area contributed by atoms with Gasteiger partial charge in [0.25, 0.3) is 0 Å². The first kappa shape index (κ1) is 22.3. The van der Waals surface area contributed by atoms with Crippen LogP contribution in [0.5, 0.6) is 0 Å². The fraction of sp³-hybridized carbons (Fsp3) is 0.440. The first-order valence-electron chi connectivity index (χ1n) is 10.8. The molecule has 1 fully saturated rings. The fourth-order valence-corrected chi connectivity index (χ4v) is 4.44. The lowest BCUT2D eigenvalue weighted by molar-refractivity contribution is 0.232. The molecule has 0 bridgehead atoms. The van der Waals surface area contributed by atoms with E-state index >= 15 is 0 Å². The number of rotatable bonds is 7. The second-order valence-electron chi connectivity index (χ2n) is 8.27. The Balaban J connectivity index is 1.79. The Bertz CT molecular complexity index is 862. The van der Waals surface area contributed by atoms with Crippen LogP contribution in [0.15, 0.2) is 52.7 Å². The van der Waals surface area contributed by atoms with Gasteiger partial charge >= 0.3 is 0 Å². The van der Waals surface area contributed by atoms with Crippen molar-refractivity contribution in [2.45, 2.75) is 52.4 Å². The molecule has 3 rings (SSSR count). The van der Waals surface area contributed by atoms with Crippen molar-refractivity contribution >= 4 is 11.9 Å². The monoisotopic (exact) mass is 414 g/mol. The fourth-order valence-electron chi connectivity index (χ4n) is 4.44. The van der Waals surface area contributed by atoms with Crippen LogP contribution in [0.1, 0.15) is 63.5 Å². The highest BCUT2D eigenvalue weighted by Gasteiger charge is 2.28. The molecule has 2 nitrogen and oxygen atoms in total. The van der Waals surface area contributed by atoms with Gasteiger partial charge in [-0.25, -0.2) is 13.2 Å². The normalized spacial score (nSPS) is 21.2. The molecule has 5 heteroatoms. The maximum absolute atomic E-state index is 13.4. The molecule has 1 unspecified atom stereocenters. The third-order valence-corrected chi connectivity index (χ3v) is 6.16. The van der Waals surface area contributed by atoms with Gasteiger partial charge in [-0.15, -0.1) is 0 Å². The molecule has 1 aliphatic rings. The third kappa shape index (κ3) is 5.59. The summed E-state index contributed by atoms with van der Waals surface area (Å²) in [5.74, 6) is -2.14. The molecule has 2 aromatic carbocycles. The number of nitrogens with zero attached hydrogens (tertiary/aromatic N) is 2. The molecule has 0 radical (unpaired) electrons. The second kappa shape index (κ2) is 10.6.